The quantitative estimate of drug-likeness (QED) is 0.297. The number of rotatable bonds is 5. The van der Waals surface area contributed by atoms with Crippen LogP contribution in [0.1, 0.15) is 66.6 Å². The van der Waals surface area contributed by atoms with Crippen LogP contribution in [0.15, 0.2) is 41.7 Å². The molecule has 0 saturated heterocycles. The number of hydrogen-bond acceptors (Lipinski definition) is 5. The highest BCUT2D eigenvalue weighted by Gasteiger charge is 2.36. The molecule has 0 radical (unpaired) electrons. The highest BCUT2D eigenvalue weighted by molar-refractivity contribution is 6.34. The number of amides is 2. The van der Waals surface area contributed by atoms with Crippen LogP contribution in [0.3, 0.4) is 0 Å². The highest BCUT2D eigenvalue weighted by atomic mass is 35.5. The largest absolute Gasteiger partial charge is 0.393 e. The van der Waals surface area contributed by atoms with Crippen LogP contribution in [0.5, 0.6) is 0 Å². The maximum absolute atomic E-state index is 12.8. The number of pyridine rings is 1. The van der Waals surface area contributed by atoms with E-state index in [0.717, 1.165) is 4.90 Å². The molecule has 1 aromatic heterocycles. The van der Waals surface area contributed by atoms with Gasteiger partial charge in [0.1, 0.15) is 17.5 Å². The maximum Gasteiger partial charge on any atom is 0.261 e. The van der Waals surface area contributed by atoms with Gasteiger partial charge in [-0.25, -0.2) is 0 Å². The number of benzene rings is 1. The first kappa shape index (κ1) is 22.5. The van der Waals surface area contributed by atoms with Gasteiger partial charge in [-0.2, -0.15) is 0 Å². The average Bonchev–Trinajstić information content (AvgIpc) is 2.94. The minimum Gasteiger partial charge on any atom is -0.393 e. The first-order valence-electron chi connectivity index (χ1n) is 9.94. The molecule has 0 unspecified atom stereocenters. The number of imide groups is 1. The molecular weight excluding hydrogens is 414 g/mol. The number of carbonyl (C=O) groups excluding carboxylic acids is 2. The molecule has 0 fully saturated rings. The van der Waals surface area contributed by atoms with E-state index in [1.165, 1.54) is 0 Å². The molecule has 2 heterocycles. The lowest BCUT2D eigenvalue weighted by molar-refractivity contribution is 0.0668. The number of hydrogen-bond donors (Lipinski definition) is 0. The Kier molecular flexibility index (Phi) is 6.47. The summed E-state index contributed by atoms with van der Waals surface area (Å²) in [6.45, 7) is 9.57. The Bertz CT molecular complexity index is 1090. The second-order valence-electron chi connectivity index (χ2n) is 8.49. The van der Waals surface area contributed by atoms with E-state index in [-0.39, 0.29) is 35.6 Å². The van der Waals surface area contributed by atoms with Crippen molar-refractivity contribution in [3.63, 3.8) is 0 Å². The predicted octanol–water partition coefficient (Wildman–Crippen LogP) is 4.56. The second kappa shape index (κ2) is 8.91. The average molecular weight is 438 g/mol. The molecule has 2 aromatic rings. The van der Waals surface area contributed by atoms with Crippen LogP contribution < -0.4 is 0 Å². The monoisotopic (exact) mass is 437 g/mol. The minimum absolute atomic E-state index is 0.112. The topological polar surface area (TPSA) is 71.9 Å². The number of halogens is 1. The van der Waals surface area contributed by atoms with E-state index >= 15 is 0 Å². The number of nitrogens with zero attached hydrogens (tertiary/aromatic N) is 3. The summed E-state index contributed by atoms with van der Waals surface area (Å²) in [4.78, 5) is 36.5. The van der Waals surface area contributed by atoms with Crippen molar-refractivity contribution >= 4 is 29.1 Å². The van der Waals surface area contributed by atoms with E-state index in [1.54, 1.807) is 36.5 Å². The van der Waals surface area contributed by atoms with Crippen molar-refractivity contribution in [2.24, 2.45) is 10.6 Å². The molecule has 2 amide bonds. The van der Waals surface area contributed by atoms with Crippen LogP contribution >= 0.6 is 11.6 Å². The third-order valence-corrected chi connectivity index (χ3v) is 4.54. The molecule has 31 heavy (non-hydrogen) atoms. The summed E-state index contributed by atoms with van der Waals surface area (Å²) in [5, 5.41) is 4.46. The van der Waals surface area contributed by atoms with Gasteiger partial charge in [0.25, 0.3) is 11.8 Å². The molecule has 0 aliphatic carbocycles. The Labute approximate surface area is 187 Å². The molecule has 6 nitrogen and oxygen atoms in total. The first-order valence-corrected chi connectivity index (χ1v) is 10.3. The molecule has 1 aliphatic rings. The van der Waals surface area contributed by atoms with Crippen molar-refractivity contribution in [3.8, 4) is 11.8 Å². The van der Waals surface area contributed by atoms with Crippen molar-refractivity contribution in [2.75, 3.05) is 6.54 Å². The standard InChI is InChI=1S/C24H24ClN3O3/c1-15(2)31-27-20(14-28-22(29)17-8-6-7-9-18(17)23(28)30)21-19(25)12-16(13-26-21)10-11-24(3,4)5/h6-9,12-13,15H,14H2,1-5H3. The van der Waals surface area contributed by atoms with Gasteiger partial charge in [0.15, 0.2) is 0 Å². The van der Waals surface area contributed by atoms with Gasteiger partial charge in [-0.05, 0) is 52.8 Å². The summed E-state index contributed by atoms with van der Waals surface area (Å²) >= 11 is 6.48. The van der Waals surface area contributed by atoms with Crippen molar-refractivity contribution in [1.82, 2.24) is 9.88 Å². The molecule has 0 bridgehead atoms. The van der Waals surface area contributed by atoms with Crippen LogP contribution in [0.25, 0.3) is 0 Å². The molecular formula is C24H24ClN3O3. The molecule has 7 heteroatoms. The fourth-order valence-electron chi connectivity index (χ4n) is 2.83. The lowest BCUT2D eigenvalue weighted by Crippen LogP contribution is -2.35. The number of carbonyl (C=O) groups is 2. The molecule has 0 saturated carbocycles. The minimum atomic E-state index is -0.387. The fraction of sp³-hybridized carbons (Fsp3) is 0.333. The lowest BCUT2D eigenvalue weighted by Gasteiger charge is -2.16. The molecule has 0 N–H and O–H groups in total. The van der Waals surface area contributed by atoms with Gasteiger partial charge in [0, 0.05) is 17.2 Å². The molecule has 1 aromatic carbocycles. The summed E-state index contributed by atoms with van der Waals surface area (Å²) in [7, 11) is 0. The van der Waals surface area contributed by atoms with Crippen LogP contribution in [-0.2, 0) is 4.84 Å². The van der Waals surface area contributed by atoms with E-state index in [2.05, 4.69) is 22.0 Å². The second-order valence-corrected chi connectivity index (χ2v) is 8.90. The Balaban J connectivity index is 1.94. The van der Waals surface area contributed by atoms with Crippen LogP contribution in [-0.4, -0.2) is 40.1 Å². The molecule has 1 aliphatic heterocycles. The van der Waals surface area contributed by atoms with Gasteiger partial charge in [-0.3, -0.25) is 19.5 Å². The Morgan fingerprint density at radius 3 is 2.32 bits per heavy atom. The fourth-order valence-corrected chi connectivity index (χ4v) is 3.10. The molecule has 0 atom stereocenters. The Morgan fingerprint density at radius 1 is 1.19 bits per heavy atom. The maximum atomic E-state index is 12.8. The molecule has 0 spiro atoms. The van der Waals surface area contributed by atoms with Gasteiger partial charge in [-0.15, -0.1) is 0 Å². The van der Waals surface area contributed by atoms with Crippen molar-refractivity contribution in [3.05, 3.63) is 63.9 Å². The zero-order valence-corrected chi connectivity index (χ0v) is 18.9. The van der Waals surface area contributed by atoms with Gasteiger partial charge < -0.3 is 4.84 Å². The van der Waals surface area contributed by atoms with E-state index in [9.17, 15) is 9.59 Å². The van der Waals surface area contributed by atoms with Crippen LogP contribution in [0.4, 0.5) is 0 Å². The van der Waals surface area contributed by atoms with Crippen molar-refractivity contribution in [2.45, 2.75) is 40.7 Å². The van der Waals surface area contributed by atoms with Crippen molar-refractivity contribution < 1.29 is 14.4 Å². The third kappa shape index (κ3) is 5.31. The summed E-state index contributed by atoms with van der Waals surface area (Å²) in [6.07, 6.45) is 1.39. The summed E-state index contributed by atoms with van der Waals surface area (Å²) in [5.41, 5.74) is 1.85. The van der Waals surface area contributed by atoms with Crippen molar-refractivity contribution in [1.29, 1.82) is 0 Å². The normalized spacial score (nSPS) is 13.9. The third-order valence-electron chi connectivity index (χ3n) is 4.26. The Hall–Kier alpha value is -3.17. The lowest BCUT2D eigenvalue weighted by atomic mass is 9.97. The summed E-state index contributed by atoms with van der Waals surface area (Å²) in [5.74, 6) is 5.41. The van der Waals surface area contributed by atoms with Gasteiger partial charge in [0.05, 0.1) is 22.7 Å². The van der Waals surface area contributed by atoms with E-state index in [0.29, 0.717) is 27.4 Å². The number of aromatic nitrogens is 1. The predicted molar refractivity (Wildman–Crippen MR) is 120 cm³/mol. The van der Waals surface area contributed by atoms with E-state index in [1.807, 2.05) is 34.6 Å². The zero-order valence-electron chi connectivity index (χ0n) is 18.2. The van der Waals surface area contributed by atoms with Gasteiger partial charge in [0.2, 0.25) is 0 Å². The van der Waals surface area contributed by atoms with Crippen LogP contribution in [0.2, 0.25) is 5.02 Å². The zero-order chi connectivity index (χ0) is 22.8. The van der Waals surface area contributed by atoms with E-state index < -0.39 is 0 Å². The van der Waals surface area contributed by atoms with Gasteiger partial charge in [-0.1, -0.05) is 40.7 Å². The summed E-state index contributed by atoms with van der Waals surface area (Å²) < 4.78 is 0. The number of oxime groups is 1. The SMILES string of the molecule is CC(C)ON=C(CN1C(=O)c2ccccc2C1=O)c1ncc(C#CC(C)(C)C)cc1Cl. The smallest absolute Gasteiger partial charge is 0.261 e. The molecule has 3 rings (SSSR count). The first-order chi connectivity index (χ1) is 14.6. The highest BCUT2D eigenvalue weighted by Crippen LogP contribution is 2.24. The van der Waals surface area contributed by atoms with Gasteiger partial charge >= 0.3 is 0 Å². The Morgan fingerprint density at radius 2 is 1.81 bits per heavy atom. The number of fused-ring (bicyclic) bond motifs is 1. The summed E-state index contributed by atoms with van der Waals surface area (Å²) in [6, 6.07) is 8.39. The van der Waals surface area contributed by atoms with E-state index in [4.69, 9.17) is 16.4 Å². The molecule has 160 valence electrons. The van der Waals surface area contributed by atoms with Crippen LogP contribution in [0, 0.1) is 17.3 Å².